The highest BCUT2D eigenvalue weighted by Crippen LogP contribution is 2.27. The van der Waals surface area contributed by atoms with Gasteiger partial charge in [-0.15, -0.1) is 0 Å². The smallest absolute Gasteiger partial charge is 0.253 e. The van der Waals surface area contributed by atoms with Gasteiger partial charge in [-0.2, -0.15) is 4.31 Å². The molecule has 142 valence electrons. The number of rotatable bonds is 4. The summed E-state index contributed by atoms with van der Waals surface area (Å²) in [5, 5.41) is 0. The minimum Gasteiger partial charge on any atom is -0.339 e. The maximum atomic E-state index is 12.9. The fraction of sp³-hybridized carbons (Fsp3) is 0.632. The van der Waals surface area contributed by atoms with Gasteiger partial charge in [0.2, 0.25) is 10.0 Å². The number of likely N-dealkylation sites (tertiary alicyclic amines) is 2. The summed E-state index contributed by atoms with van der Waals surface area (Å²) >= 11 is 0. The summed E-state index contributed by atoms with van der Waals surface area (Å²) in [6.07, 6.45) is 5.75. The lowest BCUT2D eigenvalue weighted by atomic mass is 10.1. The Morgan fingerprint density at radius 2 is 1.58 bits per heavy atom. The van der Waals surface area contributed by atoms with Crippen LogP contribution < -0.4 is 0 Å². The molecule has 0 bridgehead atoms. The van der Waals surface area contributed by atoms with Crippen LogP contribution in [-0.4, -0.2) is 73.7 Å². The van der Waals surface area contributed by atoms with E-state index >= 15 is 0 Å². The van der Waals surface area contributed by atoms with Crippen molar-refractivity contribution in [2.24, 2.45) is 0 Å². The van der Waals surface area contributed by atoms with E-state index in [1.54, 1.807) is 28.6 Å². The molecule has 6 nitrogen and oxygen atoms in total. The lowest BCUT2D eigenvalue weighted by Gasteiger charge is -2.45. The first kappa shape index (κ1) is 17.9. The summed E-state index contributed by atoms with van der Waals surface area (Å²) in [5.74, 6) is -0.0608. The molecule has 1 aromatic carbocycles. The third kappa shape index (κ3) is 3.40. The van der Waals surface area contributed by atoms with Gasteiger partial charge >= 0.3 is 0 Å². The molecule has 0 aromatic heterocycles. The highest BCUT2D eigenvalue weighted by Gasteiger charge is 2.40. The van der Waals surface area contributed by atoms with Gasteiger partial charge in [0.15, 0.2) is 0 Å². The van der Waals surface area contributed by atoms with Crippen molar-refractivity contribution in [3.63, 3.8) is 0 Å². The summed E-state index contributed by atoms with van der Waals surface area (Å²) in [6.45, 7) is 4.81. The van der Waals surface area contributed by atoms with Gasteiger partial charge in [0.1, 0.15) is 0 Å². The number of benzene rings is 1. The summed E-state index contributed by atoms with van der Waals surface area (Å²) in [6, 6.07) is 6.89. The third-order valence-corrected chi connectivity index (χ3v) is 7.68. The van der Waals surface area contributed by atoms with Crippen LogP contribution in [0.4, 0.5) is 0 Å². The van der Waals surface area contributed by atoms with E-state index in [-0.39, 0.29) is 10.8 Å². The quantitative estimate of drug-likeness (QED) is 0.803. The van der Waals surface area contributed by atoms with Crippen LogP contribution in [0.2, 0.25) is 0 Å². The molecule has 3 aliphatic rings. The summed E-state index contributed by atoms with van der Waals surface area (Å²) < 4.78 is 27.4. The number of sulfonamides is 1. The Morgan fingerprint density at radius 1 is 0.923 bits per heavy atom. The Kier molecular flexibility index (Phi) is 5.03. The summed E-state index contributed by atoms with van der Waals surface area (Å²) in [5.41, 5.74) is 0.473. The van der Waals surface area contributed by atoms with Crippen molar-refractivity contribution in [2.45, 2.75) is 43.0 Å². The number of hydrogen-bond acceptors (Lipinski definition) is 4. The Labute approximate surface area is 155 Å². The highest BCUT2D eigenvalue weighted by atomic mass is 32.2. The van der Waals surface area contributed by atoms with E-state index in [4.69, 9.17) is 0 Å². The van der Waals surface area contributed by atoms with Gasteiger partial charge in [-0.1, -0.05) is 12.5 Å². The van der Waals surface area contributed by atoms with Crippen molar-refractivity contribution in [1.82, 2.24) is 14.1 Å². The maximum Gasteiger partial charge on any atom is 0.253 e. The van der Waals surface area contributed by atoms with Crippen molar-refractivity contribution in [3.8, 4) is 0 Å². The van der Waals surface area contributed by atoms with E-state index < -0.39 is 10.0 Å². The van der Waals surface area contributed by atoms with Crippen LogP contribution in [0.3, 0.4) is 0 Å². The third-order valence-electron chi connectivity index (χ3n) is 5.85. The molecule has 3 heterocycles. The Bertz CT molecular complexity index is 762. The molecule has 0 aliphatic carbocycles. The van der Waals surface area contributed by atoms with Gasteiger partial charge in [0.25, 0.3) is 5.91 Å². The number of nitrogens with zero attached hydrogens (tertiary/aromatic N) is 3. The molecular weight excluding hydrogens is 350 g/mol. The molecule has 0 N–H and O–H groups in total. The average molecular weight is 378 g/mol. The molecule has 0 spiro atoms. The van der Waals surface area contributed by atoms with Crippen LogP contribution in [0, 0.1) is 0 Å². The van der Waals surface area contributed by atoms with Crippen molar-refractivity contribution in [2.75, 3.05) is 39.3 Å². The largest absolute Gasteiger partial charge is 0.339 e. The monoisotopic (exact) mass is 377 g/mol. The molecule has 1 amide bonds. The molecule has 1 aromatic rings. The molecule has 0 saturated carbocycles. The van der Waals surface area contributed by atoms with E-state index in [0.717, 1.165) is 39.0 Å². The second-order valence-electron chi connectivity index (χ2n) is 7.60. The van der Waals surface area contributed by atoms with E-state index in [1.807, 2.05) is 4.90 Å². The van der Waals surface area contributed by atoms with Gasteiger partial charge in [-0.25, -0.2) is 8.42 Å². The lowest BCUT2D eigenvalue weighted by Crippen LogP contribution is -2.61. The Hall–Kier alpha value is -1.44. The van der Waals surface area contributed by atoms with Crippen molar-refractivity contribution in [3.05, 3.63) is 29.8 Å². The summed E-state index contributed by atoms with van der Waals surface area (Å²) in [4.78, 5) is 17.0. The molecule has 3 saturated heterocycles. The second-order valence-corrected chi connectivity index (χ2v) is 9.54. The minimum absolute atomic E-state index is 0.0608. The maximum absolute atomic E-state index is 12.9. The van der Waals surface area contributed by atoms with Crippen molar-refractivity contribution >= 4 is 15.9 Å². The number of piperidine rings is 1. The fourth-order valence-electron chi connectivity index (χ4n) is 4.17. The van der Waals surface area contributed by atoms with E-state index in [0.29, 0.717) is 24.7 Å². The van der Waals surface area contributed by atoms with Crippen LogP contribution in [0.25, 0.3) is 0 Å². The van der Waals surface area contributed by atoms with E-state index in [1.165, 1.54) is 19.3 Å². The van der Waals surface area contributed by atoms with Crippen LogP contribution in [0.1, 0.15) is 42.5 Å². The topological polar surface area (TPSA) is 60.9 Å². The number of carbonyl (C=O) groups is 1. The predicted octanol–water partition coefficient (Wildman–Crippen LogP) is 1.78. The second kappa shape index (κ2) is 7.29. The lowest BCUT2D eigenvalue weighted by molar-refractivity contribution is 0.0716. The Balaban J connectivity index is 1.45. The molecule has 4 rings (SSSR count). The first-order chi connectivity index (χ1) is 12.6. The van der Waals surface area contributed by atoms with Gasteiger partial charge < -0.3 is 4.90 Å². The zero-order valence-corrected chi connectivity index (χ0v) is 16.0. The molecule has 0 unspecified atom stereocenters. The molecule has 3 fully saturated rings. The van der Waals surface area contributed by atoms with Gasteiger partial charge in [-0.3, -0.25) is 9.69 Å². The zero-order valence-electron chi connectivity index (χ0n) is 15.1. The predicted molar refractivity (Wildman–Crippen MR) is 99.6 cm³/mol. The van der Waals surface area contributed by atoms with Crippen LogP contribution in [0.5, 0.6) is 0 Å². The van der Waals surface area contributed by atoms with E-state index in [9.17, 15) is 13.2 Å². The van der Waals surface area contributed by atoms with Crippen LogP contribution >= 0.6 is 0 Å². The zero-order chi connectivity index (χ0) is 18.1. The van der Waals surface area contributed by atoms with Crippen molar-refractivity contribution in [1.29, 1.82) is 0 Å². The first-order valence-electron chi connectivity index (χ1n) is 9.69. The molecular formula is C19H27N3O3S. The Morgan fingerprint density at radius 3 is 2.27 bits per heavy atom. The standard InChI is InChI=1S/C19H27N3O3S/c23-19(21-11-4-5-12-21)16-7-6-8-18(13-16)26(24,25)22-14-17(15-22)20-9-2-1-3-10-20/h6-8,13,17H,1-5,9-12,14-15H2. The number of hydrogen-bond donors (Lipinski definition) is 0. The molecule has 0 atom stereocenters. The van der Waals surface area contributed by atoms with Crippen LogP contribution in [0.15, 0.2) is 29.2 Å². The first-order valence-corrected chi connectivity index (χ1v) is 11.1. The highest BCUT2D eigenvalue weighted by molar-refractivity contribution is 7.89. The minimum atomic E-state index is -3.52. The van der Waals surface area contributed by atoms with Gasteiger partial charge in [0, 0.05) is 37.8 Å². The molecule has 7 heteroatoms. The summed E-state index contributed by atoms with van der Waals surface area (Å²) in [7, 11) is -3.52. The average Bonchev–Trinajstić information content (AvgIpc) is 3.15. The van der Waals surface area contributed by atoms with Gasteiger partial charge in [-0.05, 0) is 57.0 Å². The molecule has 26 heavy (non-hydrogen) atoms. The number of amides is 1. The van der Waals surface area contributed by atoms with Crippen molar-refractivity contribution < 1.29 is 13.2 Å². The molecule has 3 aliphatic heterocycles. The number of carbonyl (C=O) groups excluding carboxylic acids is 1. The normalized spacial score (nSPS) is 23.2. The molecule has 0 radical (unpaired) electrons. The fourth-order valence-corrected chi connectivity index (χ4v) is 5.73. The SMILES string of the molecule is O=C(c1cccc(S(=O)(=O)N2CC(N3CCCCC3)C2)c1)N1CCCC1. The van der Waals surface area contributed by atoms with Gasteiger partial charge in [0.05, 0.1) is 4.90 Å². The van der Waals surface area contributed by atoms with E-state index in [2.05, 4.69) is 4.90 Å². The van der Waals surface area contributed by atoms with Crippen LogP contribution in [-0.2, 0) is 10.0 Å².